The highest BCUT2D eigenvalue weighted by atomic mass is 35.5. The van der Waals surface area contributed by atoms with Crippen molar-refractivity contribution in [2.75, 3.05) is 12.4 Å². The standard InChI is InChI=1S/C12H15Cl2NO/c1-9(2)15(8-7-13)12(16)10-3-5-11(14)6-4-10/h3-6,9H,7-8H2,1-2H3. The zero-order chi connectivity index (χ0) is 12.1. The van der Waals surface area contributed by atoms with Gasteiger partial charge in [0.05, 0.1) is 0 Å². The Balaban J connectivity index is 2.86. The molecule has 88 valence electrons. The minimum Gasteiger partial charge on any atom is -0.335 e. The summed E-state index contributed by atoms with van der Waals surface area (Å²) in [6.45, 7) is 4.50. The van der Waals surface area contributed by atoms with Crippen LogP contribution in [0.2, 0.25) is 5.02 Å². The van der Waals surface area contributed by atoms with Gasteiger partial charge in [0.15, 0.2) is 0 Å². The molecule has 0 N–H and O–H groups in total. The highest BCUT2D eigenvalue weighted by molar-refractivity contribution is 6.30. The van der Waals surface area contributed by atoms with Crippen molar-refractivity contribution in [2.45, 2.75) is 19.9 Å². The Morgan fingerprint density at radius 3 is 2.31 bits per heavy atom. The monoisotopic (exact) mass is 259 g/mol. The fourth-order valence-electron chi connectivity index (χ4n) is 1.44. The minimum atomic E-state index is -0.00711. The van der Waals surface area contributed by atoms with Crippen molar-refractivity contribution in [1.82, 2.24) is 4.90 Å². The normalized spacial score (nSPS) is 10.6. The van der Waals surface area contributed by atoms with E-state index in [4.69, 9.17) is 23.2 Å². The largest absolute Gasteiger partial charge is 0.335 e. The number of rotatable bonds is 4. The van der Waals surface area contributed by atoms with Gasteiger partial charge in [-0.15, -0.1) is 11.6 Å². The van der Waals surface area contributed by atoms with E-state index >= 15 is 0 Å². The molecule has 2 nitrogen and oxygen atoms in total. The highest BCUT2D eigenvalue weighted by Gasteiger charge is 2.17. The molecule has 0 aromatic heterocycles. The molecule has 0 heterocycles. The molecule has 1 aromatic carbocycles. The van der Waals surface area contributed by atoms with Gasteiger partial charge >= 0.3 is 0 Å². The molecule has 0 aliphatic heterocycles. The lowest BCUT2D eigenvalue weighted by Crippen LogP contribution is -2.38. The fourth-order valence-corrected chi connectivity index (χ4v) is 1.75. The summed E-state index contributed by atoms with van der Waals surface area (Å²) in [6.07, 6.45) is 0. The first-order valence-corrected chi connectivity index (χ1v) is 6.10. The lowest BCUT2D eigenvalue weighted by molar-refractivity contribution is 0.0718. The second-order valence-electron chi connectivity index (χ2n) is 3.79. The summed E-state index contributed by atoms with van der Waals surface area (Å²) in [7, 11) is 0. The van der Waals surface area contributed by atoms with Crippen LogP contribution in [0.25, 0.3) is 0 Å². The molecule has 0 fully saturated rings. The van der Waals surface area contributed by atoms with Gasteiger partial charge in [-0.05, 0) is 38.1 Å². The summed E-state index contributed by atoms with van der Waals surface area (Å²) >= 11 is 11.5. The van der Waals surface area contributed by atoms with Crippen molar-refractivity contribution in [3.8, 4) is 0 Å². The number of amides is 1. The fraction of sp³-hybridized carbons (Fsp3) is 0.417. The lowest BCUT2D eigenvalue weighted by atomic mass is 10.2. The Morgan fingerprint density at radius 2 is 1.88 bits per heavy atom. The van der Waals surface area contributed by atoms with Gasteiger partial charge in [-0.1, -0.05) is 11.6 Å². The molecule has 0 aliphatic carbocycles. The van der Waals surface area contributed by atoms with E-state index in [0.717, 1.165) is 0 Å². The van der Waals surface area contributed by atoms with Crippen LogP contribution in [0.1, 0.15) is 24.2 Å². The van der Waals surface area contributed by atoms with E-state index in [2.05, 4.69) is 0 Å². The van der Waals surface area contributed by atoms with E-state index in [1.165, 1.54) is 0 Å². The predicted octanol–water partition coefficient (Wildman–Crippen LogP) is 3.43. The molecule has 4 heteroatoms. The molecule has 0 saturated heterocycles. The molecular formula is C12H15Cl2NO. The van der Waals surface area contributed by atoms with Gasteiger partial charge in [-0.2, -0.15) is 0 Å². The van der Waals surface area contributed by atoms with Gasteiger partial charge in [-0.3, -0.25) is 4.79 Å². The third kappa shape index (κ3) is 3.39. The van der Waals surface area contributed by atoms with Crippen molar-refractivity contribution < 1.29 is 4.79 Å². The van der Waals surface area contributed by atoms with Gasteiger partial charge in [0.25, 0.3) is 5.91 Å². The summed E-state index contributed by atoms with van der Waals surface area (Å²) in [5, 5.41) is 0.630. The Hall–Kier alpha value is -0.730. The van der Waals surface area contributed by atoms with Crippen molar-refractivity contribution in [3.63, 3.8) is 0 Å². The van der Waals surface area contributed by atoms with Gasteiger partial charge in [-0.25, -0.2) is 0 Å². The van der Waals surface area contributed by atoms with Gasteiger partial charge in [0.2, 0.25) is 0 Å². The van der Waals surface area contributed by atoms with Crippen LogP contribution in [0.15, 0.2) is 24.3 Å². The summed E-state index contributed by atoms with van der Waals surface area (Å²) < 4.78 is 0. The molecule has 0 aliphatic rings. The quantitative estimate of drug-likeness (QED) is 0.759. The van der Waals surface area contributed by atoms with Crippen LogP contribution in [0.5, 0.6) is 0 Å². The number of nitrogens with zero attached hydrogens (tertiary/aromatic N) is 1. The number of halogens is 2. The summed E-state index contributed by atoms with van der Waals surface area (Å²) in [5.74, 6) is 0.435. The van der Waals surface area contributed by atoms with Crippen LogP contribution in [0, 0.1) is 0 Å². The Kier molecular flexibility index (Phi) is 5.10. The van der Waals surface area contributed by atoms with E-state index in [9.17, 15) is 4.79 Å². The van der Waals surface area contributed by atoms with Crippen molar-refractivity contribution in [2.24, 2.45) is 0 Å². The number of alkyl halides is 1. The lowest BCUT2D eigenvalue weighted by Gasteiger charge is -2.25. The van der Waals surface area contributed by atoms with Crippen molar-refractivity contribution in [3.05, 3.63) is 34.9 Å². The van der Waals surface area contributed by atoms with E-state index in [1.807, 2.05) is 13.8 Å². The topological polar surface area (TPSA) is 20.3 Å². The maximum Gasteiger partial charge on any atom is 0.254 e. The van der Waals surface area contributed by atoms with Gasteiger partial charge < -0.3 is 4.90 Å². The van der Waals surface area contributed by atoms with E-state index < -0.39 is 0 Å². The molecule has 0 bridgehead atoms. The minimum absolute atomic E-state index is 0.00711. The molecule has 1 amide bonds. The van der Waals surface area contributed by atoms with E-state index in [-0.39, 0.29) is 11.9 Å². The smallest absolute Gasteiger partial charge is 0.254 e. The molecule has 0 saturated carbocycles. The molecule has 1 aromatic rings. The number of hydrogen-bond donors (Lipinski definition) is 0. The first kappa shape index (κ1) is 13.3. The molecule has 0 spiro atoms. The zero-order valence-electron chi connectivity index (χ0n) is 9.41. The predicted molar refractivity (Wildman–Crippen MR) is 68.3 cm³/mol. The highest BCUT2D eigenvalue weighted by Crippen LogP contribution is 2.13. The van der Waals surface area contributed by atoms with Crippen LogP contribution >= 0.6 is 23.2 Å². The Bertz CT molecular complexity index is 349. The summed E-state index contributed by atoms with van der Waals surface area (Å²) in [6, 6.07) is 7.03. The molecule has 0 unspecified atom stereocenters. The van der Waals surface area contributed by atoms with Crippen LogP contribution in [-0.4, -0.2) is 29.3 Å². The van der Waals surface area contributed by atoms with Gasteiger partial charge in [0.1, 0.15) is 0 Å². The number of hydrogen-bond acceptors (Lipinski definition) is 1. The first-order valence-electron chi connectivity index (χ1n) is 5.18. The summed E-state index contributed by atoms with van der Waals surface area (Å²) in [5.41, 5.74) is 0.642. The third-order valence-corrected chi connectivity index (χ3v) is 2.72. The van der Waals surface area contributed by atoms with E-state index in [0.29, 0.717) is 23.0 Å². The average molecular weight is 260 g/mol. The van der Waals surface area contributed by atoms with Crippen LogP contribution in [0.4, 0.5) is 0 Å². The SMILES string of the molecule is CC(C)N(CCCl)C(=O)c1ccc(Cl)cc1. The molecule has 0 radical (unpaired) electrons. The van der Waals surface area contributed by atoms with Crippen molar-refractivity contribution in [1.29, 1.82) is 0 Å². The Morgan fingerprint density at radius 1 is 1.31 bits per heavy atom. The second-order valence-corrected chi connectivity index (χ2v) is 4.60. The maximum atomic E-state index is 12.1. The maximum absolute atomic E-state index is 12.1. The first-order chi connectivity index (χ1) is 7.56. The van der Waals surface area contributed by atoms with Gasteiger partial charge in [0, 0.05) is 29.1 Å². The molecular weight excluding hydrogens is 245 g/mol. The van der Waals surface area contributed by atoms with Crippen LogP contribution in [0.3, 0.4) is 0 Å². The third-order valence-electron chi connectivity index (χ3n) is 2.30. The zero-order valence-corrected chi connectivity index (χ0v) is 10.9. The van der Waals surface area contributed by atoms with E-state index in [1.54, 1.807) is 29.2 Å². The number of carbonyl (C=O) groups excluding carboxylic acids is 1. The number of carbonyl (C=O) groups is 1. The number of benzene rings is 1. The summed E-state index contributed by atoms with van der Waals surface area (Å²) in [4.78, 5) is 13.9. The Labute approximate surface area is 106 Å². The van der Waals surface area contributed by atoms with Crippen LogP contribution < -0.4 is 0 Å². The van der Waals surface area contributed by atoms with Crippen molar-refractivity contribution >= 4 is 29.1 Å². The average Bonchev–Trinajstić information content (AvgIpc) is 2.25. The molecule has 0 atom stereocenters. The second kappa shape index (κ2) is 6.12. The molecule has 16 heavy (non-hydrogen) atoms. The van der Waals surface area contributed by atoms with Crippen LogP contribution in [-0.2, 0) is 0 Å². The molecule has 1 rings (SSSR count).